The van der Waals surface area contributed by atoms with E-state index in [1.54, 1.807) is 0 Å². The quantitative estimate of drug-likeness (QED) is 0.805. The van der Waals surface area contributed by atoms with Crippen molar-refractivity contribution in [1.29, 1.82) is 0 Å². The van der Waals surface area contributed by atoms with Crippen molar-refractivity contribution in [3.63, 3.8) is 0 Å². The van der Waals surface area contributed by atoms with Gasteiger partial charge < -0.3 is 0 Å². The van der Waals surface area contributed by atoms with Crippen LogP contribution in [-0.2, 0) is 19.6 Å². The number of benzene rings is 1. The Morgan fingerprint density at radius 3 is 2.29 bits per heavy atom. The summed E-state index contributed by atoms with van der Waals surface area (Å²) in [6.07, 6.45) is 0. The Labute approximate surface area is 122 Å². The third kappa shape index (κ3) is 2.68. The minimum absolute atomic E-state index is 0.0711. The van der Waals surface area contributed by atoms with Crippen LogP contribution < -0.4 is 5.32 Å². The summed E-state index contributed by atoms with van der Waals surface area (Å²) in [4.78, 5) is 23.0. The Hall–Kier alpha value is -1.80. The SMILES string of the molecule is Cc1cc(F)cc(C)c1S(=O)(=O)N1CC(=O)NC(=O)C1C. The lowest BCUT2D eigenvalue weighted by molar-refractivity contribution is -0.136. The van der Waals surface area contributed by atoms with Gasteiger partial charge in [-0.25, -0.2) is 12.8 Å². The van der Waals surface area contributed by atoms with Gasteiger partial charge in [0.1, 0.15) is 11.9 Å². The highest BCUT2D eigenvalue weighted by Crippen LogP contribution is 2.27. The summed E-state index contributed by atoms with van der Waals surface area (Å²) in [7, 11) is -4.07. The minimum Gasteiger partial charge on any atom is -0.294 e. The summed E-state index contributed by atoms with van der Waals surface area (Å²) < 4.78 is 39.6. The van der Waals surface area contributed by atoms with Gasteiger partial charge in [0.25, 0.3) is 0 Å². The van der Waals surface area contributed by atoms with E-state index >= 15 is 0 Å². The summed E-state index contributed by atoms with van der Waals surface area (Å²) in [5.41, 5.74) is 0.469. The van der Waals surface area contributed by atoms with Gasteiger partial charge >= 0.3 is 0 Å². The predicted molar refractivity (Wildman–Crippen MR) is 72.4 cm³/mol. The Morgan fingerprint density at radius 1 is 1.24 bits per heavy atom. The van der Waals surface area contributed by atoms with Gasteiger partial charge in [-0.2, -0.15) is 4.31 Å². The maximum atomic E-state index is 13.3. The number of hydrogen-bond donors (Lipinski definition) is 1. The molecule has 1 saturated heterocycles. The van der Waals surface area contributed by atoms with Gasteiger partial charge in [0.2, 0.25) is 21.8 Å². The van der Waals surface area contributed by atoms with Crippen molar-refractivity contribution < 1.29 is 22.4 Å². The molecule has 2 amide bonds. The number of aryl methyl sites for hydroxylation is 2. The molecule has 8 heteroatoms. The normalized spacial score (nSPS) is 20.5. The Balaban J connectivity index is 2.57. The van der Waals surface area contributed by atoms with E-state index in [1.165, 1.54) is 20.8 Å². The van der Waals surface area contributed by atoms with Crippen molar-refractivity contribution in [2.75, 3.05) is 6.54 Å². The molecule has 2 rings (SSSR count). The number of hydrogen-bond acceptors (Lipinski definition) is 4. The molecule has 0 bridgehead atoms. The highest BCUT2D eigenvalue weighted by molar-refractivity contribution is 7.89. The van der Waals surface area contributed by atoms with Crippen molar-refractivity contribution in [3.05, 3.63) is 29.1 Å². The van der Waals surface area contributed by atoms with Gasteiger partial charge in [-0.3, -0.25) is 14.9 Å². The number of halogens is 1. The van der Waals surface area contributed by atoms with Crippen LogP contribution in [0.5, 0.6) is 0 Å². The maximum absolute atomic E-state index is 13.3. The summed E-state index contributed by atoms with van der Waals surface area (Å²) in [5.74, 6) is -1.89. The second kappa shape index (κ2) is 5.19. The molecule has 1 aromatic rings. The number of amides is 2. The molecule has 6 nitrogen and oxygen atoms in total. The first-order valence-corrected chi connectivity index (χ1v) is 7.71. The fourth-order valence-corrected chi connectivity index (χ4v) is 4.37. The fraction of sp³-hybridized carbons (Fsp3) is 0.385. The lowest BCUT2D eigenvalue weighted by atomic mass is 10.1. The van der Waals surface area contributed by atoms with E-state index in [2.05, 4.69) is 5.32 Å². The lowest BCUT2D eigenvalue weighted by Gasteiger charge is -2.31. The highest BCUT2D eigenvalue weighted by Gasteiger charge is 2.40. The maximum Gasteiger partial charge on any atom is 0.244 e. The molecule has 1 aliphatic heterocycles. The van der Waals surface area contributed by atoms with Crippen molar-refractivity contribution in [1.82, 2.24) is 9.62 Å². The summed E-state index contributed by atoms with van der Waals surface area (Å²) >= 11 is 0. The second-order valence-electron chi connectivity index (χ2n) is 5.01. The zero-order valence-corrected chi connectivity index (χ0v) is 12.6. The molecular formula is C13H15FN2O4S. The number of sulfonamides is 1. The van der Waals surface area contributed by atoms with E-state index in [4.69, 9.17) is 0 Å². The molecule has 0 spiro atoms. The molecule has 1 fully saturated rings. The Bertz CT molecular complexity index is 707. The molecule has 1 aromatic carbocycles. The van der Waals surface area contributed by atoms with E-state index in [0.29, 0.717) is 0 Å². The van der Waals surface area contributed by atoms with E-state index in [1.807, 2.05) is 0 Å². The third-order valence-corrected chi connectivity index (χ3v) is 5.59. The van der Waals surface area contributed by atoms with Crippen LogP contribution in [0, 0.1) is 19.7 Å². The summed E-state index contributed by atoms with van der Waals surface area (Å²) in [6, 6.07) is 1.21. The summed E-state index contributed by atoms with van der Waals surface area (Å²) in [5, 5.41) is 2.08. The van der Waals surface area contributed by atoms with Crippen LogP contribution in [-0.4, -0.2) is 37.1 Å². The smallest absolute Gasteiger partial charge is 0.244 e. The van der Waals surface area contributed by atoms with Crippen LogP contribution in [0.4, 0.5) is 4.39 Å². The van der Waals surface area contributed by atoms with Crippen LogP contribution in [0.15, 0.2) is 17.0 Å². The Kier molecular flexibility index (Phi) is 3.85. The number of imide groups is 1. The second-order valence-corrected chi connectivity index (χ2v) is 6.83. The molecule has 0 aromatic heterocycles. The van der Waals surface area contributed by atoms with Gasteiger partial charge in [0, 0.05) is 0 Å². The molecular weight excluding hydrogens is 299 g/mol. The average molecular weight is 314 g/mol. The largest absolute Gasteiger partial charge is 0.294 e. The number of carbonyl (C=O) groups is 2. The van der Waals surface area contributed by atoms with Gasteiger partial charge in [0.05, 0.1) is 11.4 Å². The van der Waals surface area contributed by atoms with Crippen LogP contribution >= 0.6 is 0 Å². The first kappa shape index (κ1) is 15.6. The zero-order chi connectivity index (χ0) is 15.9. The van der Waals surface area contributed by atoms with Crippen LogP contribution in [0.2, 0.25) is 0 Å². The van der Waals surface area contributed by atoms with Crippen molar-refractivity contribution >= 4 is 21.8 Å². The molecule has 114 valence electrons. The Morgan fingerprint density at radius 2 is 1.76 bits per heavy atom. The molecule has 1 N–H and O–H groups in total. The zero-order valence-electron chi connectivity index (χ0n) is 11.8. The van der Waals surface area contributed by atoms with E-state index in [-0.39, 0.29) is 16.0 Å². The van der Waals surface area contributed by atoms with E-state index < -0.39 is 40.2 Å². The van der Waals surface area contributed by atoms with Crippen molar-refractivity contribution in [2.24, 2.45) is 0 Å². The van der Waals surface area contributed by atoms with E-state index in [9.17, 15) is 22.4 Å². The fourth-order valence-electron chi connectivity index (χ4n) is 2.41. The molecule has 1 heterocycles. The first-order chi connectivity index (χ1) is 9.64. The number of carbonyl (C=O) groups excluding carboxylic acids is 2. The third-order valence-electron chi connectivity index (χ3n) is 3.37. The number of rotatable bonds is 2. The number of nitrogens with one attached hydrogen (secondary N) is 1. The number of nitrogens with zero attached hydrogens (tertiary/aromatic N) is 1. The monoisotopic (exact) mass is 314 g/mol. The average Bonchev–Trinajstić information content (AvgIpc) is 2.31. The van der Waals surface area contributed by atoms with Crippen molar-refractivity contribution in [2.45, 2.75) is 31.7 Å². The highest BCUT2D eigenvalue weighted by atomic mass is 32.2. The molecule has 1 unspecified atom stereocenters. The molecule has 0 aliphatic carbocycles. The van der Waals surface area contributed by atoms with E-state index in [0.717, 1.165) is 16.4 Å². The molecule has 21 heavy (non-hydrogen) atoms. The first-order valence-electron chi connectivity index (χ1n) is 6.27. The topological polar surface area (TPSA) is 83.6 Å². The molecule has 0 radical (unpaired) electrons. The minimum atomic E-state index is -4.07. The van der Waals surface area contributed by atoms with Crippen LogP contribution in [0.3, 0.4) is 0 Å². The van der Waals surface area contributed by atoms with Gasteiger partial charge in [-0.05, 0) is 44.0 Å². The summed E-state index contributed by atoms with van der Waals surface area (Å²) in [6.45, 7) is 3.90. The van der Waals surface area contributed by atoms with Gasteiger partial charge in [-0.15, -0.1) is 0 Å². The van der Waals surface area contributed by atoms with Crippen molar-refractivity contribution in [3.8, 4) is 0 Å². The van der Waals surface area contributed by atoms with Crippen LogP contribution in [0.1, 0.15) is 18.1 Å². The molecule has 1 aliphatic rings. The standard InChI is InChI=1S/C13H15FN2O4S/c1-7-4-10(14)5-8(2)12(7)21(19,20)16-6-11(17)15-13(18)9(16)3/h4-5,9H,6H2,1-3H3,(H,15,17,18). The van der Waals surface area contributed by atoms with Crippen LogP contribution in [0.25, 0.3) is 0 Å². The lowest BCUT2D eigenvalue weighted by Crippen LogP contribution is -2.58. The van der Waals surface area contributed by atoms with Gasteiger partial charge in [0.15, 0.2) is 0 Å². The molecule has 0 saturated carbocycles. The van der Waals surface area contributed by atoms with Gasteiger partial charge in [-0.1, -0.05) is 0 Å². The number of piperazine rings is 1. The molecule has 1 atom stereocenters. The predicted octanol–water partition coefficient (Wildman–Crippen LogP) is 0.478.